The Morgan fingerprint density at radius 1 is 0.481 bits per heavy atom. The third kappa shape index (κ3) is 29.6. The standard InChI is InChI=1S/C75H126N14O17/c1-20-44(16)59(71(101)88-62(47(19)91)73(103)86-60(45(17)21-2)70(100)81-55(40(8)9)67(97)79-51(37-48-30-24-23-25-31-48)65(95)77-49(22-3)63(93)84-58(43(14)15)75(105)106)85-64(94)50(32-27-35-76)78-66(96)52-33-28-36-89(52)74(104)57(42(12)13)83-69(99)56(41(10)11)82-72(102)61(46(18)90)87-68(98)54(39(6)7)80-53(92)34-26-29-38(4)5/h22-25,30-31,38-47,50-52,54-62,90-91H,20-21,26-29,32-37,76H2,1-19H3,(H,77,95)(H,78,96)(H,79,97)(H,80,92)(H,81,100)(H,82,102)(H,83,99)(H,84,93)(H,85,94)(H,86,103)(H,87,98)(H,88,101)(H,105,106)/b49-22-/t44?,45?,46?,47?,50-,51-,52-,54?,55?,56?,57?,58?,59+,60+,61?,62?/m0/s1. The SMILES string of the molecule is C/C=C(\NC(=O)[C@H](Cc1ccccc1)NC(=O)C(NC(=O)[C@H](NC(=O)C(NC(=O)[C@H](NC(=O)[C@H](CCCN)NC(=O)[C@@H]1CCCN1C(=O)C(NC(=O)C(NC(=O)C(NC(=O)C(NC(=O)CCCC(C)C)C(C)C)C(C)O)C(C)C)C(C)C)C(C)CC)C(C)O)C(C)CC)C(C)C)C(=O)NC(C(=O)O)C(C)C. The van der Waals surface area contributed by atoms with E-state index in [1.54, 1.807) is 127 Å². The molecule has 31 heteroatoms. The molecule has 11 unspecified atom stereocenters. The highest BCUT2D eigenvalue weighted by Crippen LogP contribution is 2.23. The molecule has 598 valence electrons. The zero-order chi connectivity index (χ0) is 80.7. The summed E-state index contributed by atoms with van der Waals surface area (Å²) in [7, 11) is 0. The summed E-state index contributed by atoms with van der Waals surface area (Å²) in [5.74, 6) is -15.2. The molecule has 0 radical (unpaired) electrons. The van der Waals surface area contributed by atoms with Crippen LogP contribution in [-0.4, -0.2) is 201 Å². The molecule has 1 aromatic carbocycles. The van der Waals surface area contributed by atoms with E-state index in [1.807, 2.05) is 13.8 Å². The topological polar surface area (TPSA) is 473 Å². The summed E-state index contributed by atoms with van der Waals surface area (Å²) in [5.41, 5.74) is 6.24. The summed E-state index contributed by atoms with van der Waals surface area (Å²) >= 11 is 0. The Hall–Kier alpha value is -8.58. The Labute approximate surface area is 625 Å². The number of amides is 13. The molecule has 1 heterocycles. The Morgan fingerprint density at radius 3 is 1.32 bits per heavy atom. The summed E-state index contributed by atoms with van der Waals surface area (Å²) in [6, 6.07) is -7.57. The molecule has 1 fully saturated rings. The first-order valence-electron chi connectivity index (χ1n) is 37.5. The average molecular weight is 1500 g/mol. The fourth-order valence-corrected chi connectivity index (χ4v) is 11.8. The number of aliphatic hydroxyl groups excluding tert-OH is 2. The number of benzene rings is 1. The predicted molar refractivity (Wildman–Crippen MR) is 399 cm³/mol. The average Bonchev–Trinajstić information content (AvgIpc) is 1.54. The molecule has 2 rings (SSSR count). The highest BCUT2D eigenvalue weighted by atomic mass is 16.4. The van der Waals surface area contributed by atoms with Crippen LogP contribution in [0.4, 0.5) is 0 Å². The van der Waals surface area contributed by atoms with Gasteiger partial charge in [-0.2, -0.15) is 0 Å². The Kier molecular flexibility index (Phi) is 40.4. The van der Waals surface area contributed by atoms with Crippen molar-refractivity contribution in [3.63, 3.8) is 0 Å². The summed E-state index contributed by atoms with van der Waals surface area (Å²) in [5, 5.41) is 63.3. The zero-order valence-electron chi connectivity index (χ0n) is 65.7. The predicted octanol–water partition coefficient (Wildman–Crippen LogP) is 1.36. The number of nitrogens with zero attached hydrogens (tertiary/aromatic N) is 1. The number of hydrogen-bond acceptors (Lipinski definition) is 17. The molecule has 1 aliphatic heterocycles. The summed E-state index contributed by atoms with van der Waals surface area (Å²) in [6.07, 6.45) is 1.01. The van der Waals surface area contributed by atoms with Crippen molar-refractivity contribution in [1.82, 2.24) is 68.7 Å². The first-order valence-corrected chi connectivity index (χ1v) is 37.5. The van der Waals surface area contributed by atoms with Gasteiger partial charge in [-0.3, -0.25) is 62.3 Å². The van der Waals surface area contributed by atoms with Gasteiger partial charge in [0.15, 0.2) is 0 Å². The number of hydrogen-bond donors (Lipinski definition) is 16. The largest absolute Gasteiger partial charge is 0.480 e. The van der Waals surface area contributed by atoms with E-state index in [1.165, 1.54) is 31.7 Å². The van der Waals surface area contributed by atoms with Gasteiger partial charge in [0.2, 0.25) is 70.9 Å². The number of likely N-dealkylation sites (tertiary alicyclic amines) is 1. The molecule has 1 saturated heterocycles. The molecule has 17 N–H and O–H groups in total. The van der Waals surface area contributed by atoms with Gasteiger partial charge in [-0.15, -0.1) is 0 Å². The monoisotopic (exact) mass is 1490 g/mol. The minimum absolute atomic E-state index is 0.0294. The first kappa shape index (κ1) is 93.5. The van der Waals surface area contributed by atoms with Crippen LogP contribution in [0.5, 0.6) is 0 Å². The normalized spacial score (nSPS) is 17.5. The van der Waals surface area contributed by atoms with Crippen LogP contribution in [0.25, 0.3) is 0 Å². The first-order chi connectivity index (χ1) is 49.6. The van der Waals surface area contributed by atoms with E-state index in [9.17, 15) is 82.4 Å². The van der Waals surface area contributed by atoms with Gasteiger partial charge in [0.1, 0.15) is 78.2 Å². The number of carboxylic acids is 1. The van der Waals surface area contributed by atoms with Crippen molar-refractivity contribution in [2.75, 3.05) is 13.1 Å². The molecular formula is C75H126N14O17. The number of nitrogens with one attached hydrogen (secondary N) is 12. The molecule has 0 aliphatic carbocycles. The van der Waals surface area contributed by atoms with Gasteiger partial charge in [-0.05, 0) is 112 Å². The molecule has 16 atom stereocenters. The van der Waals surface area contributed by atoms with Crippen molar-refractivity contribution >= 4 is 82.8 Å². The minimum Gasteiger partial charge on any atom is -0.480 e. The summed E-state index contributed by atoms with van der Waals surface area (Å²) in [6.45, 7) is 31.5. The van der Waals surface area contributed by atoms with Crippen molar-refractivity contribution < 1.29 is 82.4 Å². The van der Waals surface area contributed by atoms with Crippen molar-refractivity contribution in [2.45, 2.75) is 280 Å². The molecule has 0 spiro atoms. The molecule has 13 amide bonds. The summed E-state index contributed by atoms with van der Waals surface area (Å²) < 4.78 is 0. The van der Waals surface area contributed by atoms with Crippen LogP contribution >= 0.6 is 0 Å². The quantitative estimate of drug-likeness (QED) is 0.0410. The second-order valence-corrected chi connectivity index (χ2v) is 30.1. The van der Waals surface area contributed by atoms with Crippen molar-refractivity contribution in [1.29, 1.82) is 0 Å². The van der Waals surface area contributed by atoms with E-state index in [4.69, 9.17) is 5.73 Å². The second-order valence-electron chi connectivity index (χ2n) is 30.1. The van der Waals surface area contributed by atoms with Crippen molar-refractivity contribution in [2.24, 2.45) is 53.1 Å². The van der Waals surface area contributed by atoms with E-state index in [0.29, 0.717) is 37.2 Å². The maximum absolute atomic E-state index is 14.7. The second kappa shape index (κ2) is 45.8. The molecule has 31 nitrogen and oxygen atoms in total. The van der Waals surface area contributed by atoms with Crippen LogP contribution in [0.2, 0.25) is 0 Å². The Balaban J connectivity index is 2.39. The minimum atomic E-state index is -1.74. The van der Waals surface area contributed by atoms with Crippen LogP contribution in [0, 0.1) is 47.3 Å². The van der Waals surface area contributed by atoms with Gasteiger partial charge >= 0.3 is 5.97 Å². The number of aliphatic hydroxyl groups is 2. The van der Waals surface area contributed by atoms with Gasteiger partial charge in [-0.1, -0.05) is 166 Å². The number of aliphatic carboxylic acids is 1. The van der Waals surface area contributed by atoms with Gasteiger partial charge in [0, 0.05) is 19.4 Å². The molecule has 1 aromatic rings. The van der Waals surface area contributed by atoms with Crippen molar-refractivity contribution in [3.8, 4) is 0 Å². The molecule has 1 aliphatic rings. The fraction of sp³-hybridized carbons (Fsp3) is 0.707. The van der Waals surface area contributed by atoms with Gasteiger partial charge in [0.05, 0.1) is 12.2 Å². The lowest BCUT2D eigenvalue weighted by molar-refractivity contribution is -0.144. The molecule has 0 bridgehead atoms. The molecular weight excluding hydrogens is 1370 g/mol. The van der Waals surface area contributed by atoms with E-state index >= 15 is 0 Å². The highest BCUT2D eigenvalue weighted by Gasteiger charge is 2.44. The molecule has 0 saturated carbocycles. The van der Waals surface area contributed by atoms with Crippen LogP contribution < -0.4 is 69.5 Å². The van der Waals surface area contributed by atoms with Crippen LogP contribution in [0.3, 0.4) is 0 Å². The van der Waals surface area contributed by atoms with Crippen LogP contribution in [0.15, 0.2) is 42.1 Å². The Bertz CT molecular complexity index is 3140. The fourth-order valence-electron chi connectivity index (χ4n) is 11.8. The zero-order valence-corrected chi connectivity index (χ0v) is 65.7. The third-order valence-electron chi connectivity index (χ3n) is 19.0. The number of allylic oxidation sites excluding steroid dienone is 1. The maximum Gasteiger partial charge on any atom is 0.326 e. The van der Waals surface area contributed by atoms with Crippen molar-refractivity contribution in [3.05, 3.63) is 47.7 Å². The van der Waals surface area contributed by atoms with Crippen LogP contribution in [-0.2, 0) is 73.5 Å². The lowest BCUT2D eigenvalue weighted by atomic mass is 9.95. The van der Waals surface area contributed by atoms with E-state index in [2.05, 4.69) is 63.8 Å². The lowest BCUT2D eigenvalue weighted by Gasteiger charge is -2.33. The lowest BCUT2D eigenvalue weighted by Crippen LogP contribution is -2.63. The van der Waals surface area contributed by atoms with E-state index in [0.717, 1.165) is 6.42 Å². The number of nitrogens with two attached hydrogens (primary N) is 1. The maximum atomic E-state index is 14.7. The van der Waals surface area contributed by atoms with Crippen LogP contribution in [0.1, 0.15) is 195 Å². The molecule has 106 heavy (non-hydrogen) atoms. The van der Waals surface area contributed by atoms with E-state index in [-0.39, 0.29) is 56.8 Å². The number of carbonyl (C=O) groups is 14. The smallest absolute Gasteiger partial charge is 0.326 e. The number of rotatable bonds is 45. The van der Waals surface area contributed by atoms with Gasteiger partial charge in [-0.25, -0.2) is 4.79 Å². The Morgan fingerprint density at radius 2 is 0.896 bits per heavy atom. The molecule has 0 aromatic heterocycles. The highest BCUT2D eigenvalue weighted by molar-refractivity contribution is 6.02. The summed E-state index contributed by atoms with van der Waals surface area (Å²) in [4.78, 5) is 197. The van der Waals surface area contributed by atoms with Gasteiger partial charge in [0.25, 0.3) is 5.91 Å². The van der Waals surface area contributed by atoms with Gasteiger partial charge < -0.3 is 89.8 Å². The van der Waals surface area contributed by atoms with E-state index < -0.39 is 203 Å². The third-order valence-corrected chi connectivity index (χ3v) is 19.0. The number of carboxylic acid groups (broad SMARTS) is 1. The number of carbonyl (C=O) groups excluding carboxylic acids is 13.